The van der Waals surface area contributed by atoms with Crippen molar-refractivity contribution in [1.82, 2.24) is 4.90 Å². The van der Waals surface area contributed by atoms with Gasteiger partial charge in [0.15, 0.2) is 0 Å². The van der Waals surface area contributed by atoms with Crippen LogP contribution in [-0.4, -0.2) is 35.0 Å². The number of likely N-dealkylation sites (tertiary alicyclic amines) is 1. The van der Waals surface area contributed by atoms with Crippen molar-refractivity contribution in [3.8, 4) is 0 Å². The summed E-state index contributed by atoms with van der Waals surface area (Å²) in [5.41, 5.74) is 1.16. The monoisotopic (exact) mass is 247 g/mol. The molecule has 18 heavy (non-hydrogen) atoms. The minimum Gasteiger partial charge on any atom is -0.481 e. The molecular formula is C14H17NO3. The summed E-state index contributed by atoms with van der Waals surface area (Å²) in [7, 11) is 0. The lowest BCUT2D eigenvalue weighted by atomic mass is 9.95. The Morgan fingerprint density at radius 2 is 1.89 bits per heavy atom. The van der Waals surface area contributed by atoms with Crippen molar-refractivity contribution in [3.05, 3.63) is 35.9 Å². The van der Waals surface area contributed by atoms with Crippen LogP contribution in [0.1, 0.15) is 18.4 Å². The van der Waals surface area contributed by atoms with Gasteiger partial charge in [-0.05, 0) is 12.0 Å². The van der Waals surface area contributed by atoms with Gasteiger partial charge in [-0.1, -0.05) is 30.3 Å². The van der Waals surface area contributed by atoms with Gasteiger partial charge in [-0.25, -0.2) is 0 Å². The van der Waals surface area contributed by atoms with Gasteiger partial charge in [-0.2, -0.15) is 0 Å². The van der Waals surface area contributed by atoms with Crippen molar-refractivity contribution >= 4 is 11.9 Å². The number of nitrogens with zero attached hydrogens (tertiary/aromatic N) is 1. The SMILES string of the molecule is O=C(O)CC1CN(C(=O)CCc2ccccc2)C1. The molecule has 1 fully saturated rings. The molecule has 2 rings (SSSR count). The van der Waals surface area contributed by atoms with Crippen molar-refractivity contribution in [1.29, 1.82) is 0 Å². The predicted molar refractivity (Wildman–Crippen MR) is 67.1 cm³/mol. The summed E-state index contributed by atoms with van der Waals surface area (Å²) in [4.78, 5) is 24.0. The maximum atomic E-state index is 11.8. The topological polar surface area (TPSA) is 57.6 Å². The van der Waals surface area contributed by atoms with E-state index in [4.69, 9.17) is 5.11 Å². The Hall–Kier alpha value is -1.84. The Morgan fingerprint density at radius 1 is 1.22 bits per heavy atom. The van der Waals surface area contributed by atoms with E-state index >= 15 is 0 Å². The molecule has 1 amide bonds. The quantitative estimate of drug-likeness (QED) is 0.859. The van der Waals surface area contributed by atoms with Crippen molar-refractivity contribution in [2.24, 2.45) is 5.92 Å². The van der Waals surface area contributed by atoms with Gasteiger partial charge in [0.2, 0.25) is 5.91 Å². The van der Waals surface area contributed by atoms with Crippen LogP contribution in [0.25, 0.3) is 0 Å². The van der Waals surface area contributed by atoms with E-state index in [0.29, 0.717) is 19.5 Å². The first-order valence-electron chi connectivity index (χ1n) is 6.18. The number of hydrogen-bond donors (Lipinski definition) is 1. The van der Waals surface area contributed by atoms with Gasteiger partial charge in [-0.3, -0.25) is 9.59 Å². The molecule has 0 bridgehead atoms. The first-order chi connectivity index (χ1) is 8.65. The zero-order valence-corrected chi connectivity index (χ0v) is 10.2. The standard InChI is InChI=1S/C14H17NO3/c16-13(7-6-11-4-2-1-3-5-11)15-9-12(10-15)8-14(17)18/h1-5,12H,6-10H2,(H,17,18). The van der Waals surface area contributed by atoms with Gasteiger partial charge in [-0.15, -0.1) is 0 Å². The number of carbonyl (C=O) groups is 2. The highest BCUT2D eigenvalue weighted by molar-refractivity contribution is 5.77. The molecule has 0 radical (unpaired) electrons. The van der Waals surface area contributed by atoms with Gasteiger partial charge in [0.05, 0.1) is 6.42 Å². The van der Waals surface area contributed by atoms with E-state index < -0.39 is 5.97 Å². The highest BCUT2D eigenvalue weighted by Gasteiger charge is 2.31. The number of carbonyl (C=O) groups excluding carboxylic acids is 1. The van der Waals surface area contributed by atoms with Crippen LogP contribution >= 0.6 is 0 Å². The van der Waals surface area contributed by atoms with Crippen molar-refractivity contribution < 1.29 is 14.7 Å². The normalized spacial score (nSPS) is 15.2. The molecule has 0 saturated carbocycles. The fourth-order valence-electron chi connectivity index (χ4n) is 2.20. The predicted octanol–water partition coefficient (Wildman–Crippen LogP) is 1.55. The third-order valence-electron chi connectivity index (χ3n) is 3.24. The second-order valence-electron chi connectivity index (χ2n) is 4.75. The van der Waals surface area contributed by atoms with E-state index in [1.54, 1.807) is 4.90 Å². The summed E-state index contributed by atoms with van der Waals surface area (Å²) in [6.07, 6.45) is 1.42. The number of amides is 1. The smallest absolute Gasteiger partial charge is 0.303 e. The van der Waals surface area contributed by atoms with Crippen LogP contribution in [0.5, 0.6) is 0 Å². The Morgan fingerprint density at radius 3 is 2.50 bits per heavy atom. The molecule has 1 aliphatic heterocycles. The van der Waals surface area contributed by atoms with Crippen LogP contribution < -0.4 is 0 Å². The van der Waals surface area contributed by atoms with E-state index in [1.807, 2.05) is 30.3 Å². The van der Waals surface area contributed by atoms with Gasteiger partial charge in [0.1, 0.15) is 0 Å². The number of carboxylic acid groups (broad SMARTS) is 1. The van der Waals surface area contributed by atoms with Gasteiger partial charge in [0, 0.05) is 25.4 Å². The molecule has 1 N–H and O–H groups in total. The molecule has 0 unspecified atom stereocenters. The Balaban J connectivity index is 1.70. The number of carboxylic acids is 1. The molecule has 96 valence electrons. The molecule has 0 aromatic heterocycles. The average Bonchev–Trinajstić information content (AvgIpc) is 2.31. The van der Waals surface area contributed by atoms with Crippen LogP contribution in [-0.2, 0) is 16.0 Å². The lowest BCUT2D eigenvalue weighted by Gasteiger charge is -2.38. The molecule has 4 heteroatoms. The Labute approximate surface area is 106 Å². The van der Waals surface area contributed by atoms with E-state index in [-0.39, 0.29) is 18.2 Å². The molecule has 4 nitrogen and oxygen atoms in total. The molecule has 1 aliphatic rings. The molecule has 1 saturated heterocycles. The van der Waals surface area contributed by atoms with E-state index in [0.717, 1.165) is 12.0 Å². The molecule has 1 aromatic carbocycles. The maximum Gasteiger partial charge on any atom is 0.303 e. The summed E-state index contributed by atoms with van der Waals surface area (Å²) in [5.74, 6) is -0.514. The van der Waals surface area contributed by atoms with Crippen LogP contribution in [0.4, 0.5) is 0 Å². The molecule has 0 spiro atoms. The molecule has 0 aliphatic carbocycles. The Kier molecular flexibility index (Phi) is 3.97. The van der Waals surface area contributed by atoms with Gasteiger partial charge < -0.3 is 10.0 Å². The van der Waals surface area contributed by atoms with Crippen molar-refractivity contribution in [3.63, 3.8) is 0 Å². The summed E-state index contributed by atoms with van der Waals surface area (Å²) in [6, 6.07) is 9.91. The lowest BCUT2D eigenvalue weighted by Crippen LogP contribution is -2.50. The van der Waals surface area contributed by atoms with Gasteiger partial charge in [0.25, 0.3) is 0 Å². The third kappa shape index (κ3) is 3.32. The first-order valence-corrected chi connectivity index (χ1v) is 6.18. The van der Waals surface area contributed by atoms with Crippen LogP contribution in [0.2, 0.25) is 0 Å². The molecular weight excluding hydrogens is 230 g/mol. The molecule has 1 heterocycles. The highest BCUT2D eigenvalue weighted by atomic mass is 16.4. The second-order valence-corrected chi connectivity index (χ2v) is 4.75. The summed E-state index contributed by atoms with van der Waals surface area (Å²) >= 11 is 0. The lowest BCUT2D eigenvalue weighted by molar-refractivity contribution is -0.145. The van der Waals surface area contributed by atoms with E-state index in [2.05, 4.69) is 0 Å². The van der Waals surface area contributed by atoms with Crippen molar-refractivity contribution in [2.45, 2.75) is 19.3 Å². The van der Waals surface area contributed by atoms with Crippen LogP contribution in [0, 0.1) is 5.92 Å². The average molecular weight is 247 g/mol. The maximum absolute atomic E-state index is 11.8. The summed E-state index contributed by atoms with van der Waals surface area (Å²) in [5, 5.41) is 8.62. The zero-order valence-electron chi connectivity index (χ0n) is 10.2. The zero-order chi connectivity index (χ0) is 13.0. The number of hydrogen-bond acceptors (Lipinski definition) is 2. The van der Waals surface area contributed by atoms with E-state index in [1.165, 1.54) is 0 Å². The molecule has 1 aromatic rings. The fraction of sp³-hybridized carbons (Fsp3) is 0.429. The summed E-state index contributed by atoms with van der Waals surface area (Å²) < 4.78 is 0. The number of aryl methyl sites for hydroxylation is 1. The van der Waals surface area contributed by atoms with Gasteiger partial charge >= 0.3 is 5.97 Å². The first kappa shape index (κ1) is 12.6. The minimum atomic E-state index is -0.781. The number of aliphatic carboxylic acids is 1. The number of rotatable bonds is 5. The van der Waals surface area contributed by atoms with Crippen molar-refractivity contribution in [2.75, 3.05) is 13.1 Å². The van der Waals surface area contributed by atoms with E-state index in [9.17, 15) is 9.59 Å². The number of benzene rings is 1. The fourth-order valence-corrected chi connectivity index (χ4v) is 2.20. The third-order valence-corrected chi connectivity index (χ3v) is 3.24. The highest BCUT2D eigenvalue weighted by Crippen LogP contribution is 2.20. The summed E-state index contributed by atoms with van der Waals surface area (Å²) in [6.45, 7) is 1.19. The second kappa shape index (κ2) is 5.67. The Bertz CT molecular complexity index is 424. The van der Waals surface area contributed by atoms with Crippen LogP contribution in [0.3, 0.4) is 0 Å². The minimum absolute atomic E-state index is 0.125. The molecule has 0 atom stereocenters. The largest absolute Gasteiger partial charge is 0.481 e. The van der Waals surface area contributed by atoms with Crippen LogP contribution in [0.15, 0.2) is 30.3 Å².